The number of thiophene rings is 1. The lowest BCUT2D eigenvalue weighted by molar-refractivity contribution is -0.114. The van der Waals surface area contributed by atoms with Crippen molar-refractivity contribution in [3.8, 4) is 0 Å². The monoisotopic (exact) mass is 439 g/mol. The molecule has 0 aliphatic heterocycles. The number of carbonyl (C=O) groups is 2. The van der Waals surface area contributed by atoms with Gasteiger partial charge in [-0.3, -0.25) is 4.79 Å². The summed E-state index contributed by atoms with van der Waals surface area (Å²) in [4.78, 5) is 25.5. The molecule has 158 valence electrons. The fourth-order valence-corrected chi connectivity index (χ4v) is 4.35. The lowest BCUT2D eigenvalue weighted by Gasteiger charge is -2.13. The summed E-state index contributed by atoms with van der Waals surface area (Å²) in [6, 6.07) is 7.95. The molecule has 2 N–H and O–H groups in total. The van der Waals surface area contributed by atoms with E-state index in [9.17, 15) is 18.0 Å². The van der Waals surface area contributed by atoms with Gasteiger partial charge in [-0.25, -0.2) is 17.5 Å². The van der Waals surface area contributed by atoms with Crippen LogP contribution < -0.4 is 10.6 Å². The molecule has 0 saturated carbocycles. The van der Waals surface area contributed by atoms with Crippen LogP contribution in [-0.4, -0.2) is 51.8 Å². The zero-order valence-electron chi connectivity index (χ0n) is 16.8. The van der Waals surface area contributed by atoms with Crippen LogP contribution in [0, 0.1) is 0 Å². The van der Waals surface area contributed by atoms with Gasteiger partial charge in [-0.15, -0.1) is 11.3 Å². The summed E-state index contributed by atoms with van der Waals surface area (Å²) in [5, 5.41) is 6.07. The molecule has 2 aromatic rings. The highest BCUT2D eigenvalue weighted by atomic mass is 32.2. The van der Waals surface area contributed by atoms with Gasteiger partial charge in [0.15, 0.2) is 0 Å². The van der Waals surface area contributed by atoms with Crippen molar-refractivity contribution < 1.29 is 22.7 Å². The van der Waals surface area contributed by atoms with Gasteiger partial charge in [-0.05, 0) is 37.6 Å². The van der Waals surface area contributed by atoms with Crippen molar-refractivity contribution in [1.82, 2.24) is 4.31 Å². The summed E-state index contributed by atoms with van der Waals surface area (Å²) in [7, 11) is -0.656. The average molecular weight is 440 g/mol. The Morgan fingerprint density at radius 1 is 1.17 bits per heavy atom. The number of aryl methyl sites for hydroxylation is 1. The van der Waals surface area contributed by atoms with Crippen LogP contribution in [0.3, 0.4) is 0 Å². The van der Waals surface area contributed by atoms with E-state index >= 15 is 0 Å². The van der Waals surface area contributed by atoms with Crippen LogP contribution in [-0.2, 0) is 26.0 Å². The van der Waals surface area contributed by atoms with E-state index in [4.69, 9.17) is 4.74 Å². The van der Waals surface area contributed by atoms with Gasteiger partial charge in [0.05, 0.1) is 23.6 Å². The number of ether oxygens (including phenoxy) is 1. The molecular formula is C19H25N3O5S2. The largest absolute Gasteiger partial charge is 0.462 e. The number of nitrogens with zero attached hydrogens (tertiary/aromatic N) is 1. The molecule has 2 rings (SSSR count). The van der Waals surface area contributed by atoms with Crippen molar-refractivity contribution in [3.63, 3.8) is 0 Å². The molecular weight excluding hydrogens is 414 g/mol. The maximum absolute atomic E-state index is 12.4. The number of hydrogen-bond acceptors (Lipinski definition) is 7. The standard InChI is InChI=1S/C19H25N3O5S2/c1-5-14-11-16(19(24)27-6-2)18(28-14)21-17(23)12-20-13-8-7-9-15(10-13)29(25,26)22(3)4/h7-11,20H,5-6,12H2,1-4H3,(H,21,23). The van der Waals surface area contributed by atoms with Crippen molar-refractivity contribution in [2.75, 3.05) is 37.9 Å². The van der Waals surface area contributed by atoms with E-state index in [-0.39, 0.29) is 24.0 Å². The number of amides is 1. The topological polar surface area (TPSA) is 105 Å². The van der Waals surface area contributed by atoms with Crippen LogP contribution in [0.2, 0.25) is 0 Å². The number of rotatable bonds is 9. The third-order valence-electron chi connectivity index (χ3n) is 3.95. The molecule has 8 nitrogen and oxygen atoms in total. The van der Waals surface area contributed by atoms with Crippen molar-refractivity contribution in [3.05, 3.63) is 40.8 Å². The zero-order chi connectivity index (χ0) is 21.6. The first-order chi connectivity index (χ1) is 13.7. The summed E-state index contributed by atoms with van der Waals surface area (Å²) in [5.41, 5.74) is 0.829. The molecule has 1 amide bonds. The zero-order valence-corrected chi connectivity index (χ0v) is 18.4. The molecule has 1 heterocycles. The van der Waals surface area contributed by atoms with Crippen LogP contribution >= 0.6 is 11.3 Å². The normalized spacial score (nSPS) is 11.3. The van der Waals surface area contributed by atoms with Gasteiger partial charge in [0, 0.05) is 24.7 Å². The van der Waals surface area contributed by atoms with Gasteiger partial charge in [-0.1, -0.05) is 13.0 Å². The lowest BCUT2D eigenvalue weighted by atomic mass is 10.2. The predicted octanol–water partition coefficient (Wildman–Crippen LogP) is 2.79. The highest BCUT2D eigenvalue weighted by Gasteiger charge is 2.19. The van der Waals surface area contributed by atoms with E-state index in [2.05, 4.69) is 10.6 Å². The Morgan fingerprint density at radius 2 is 1.90 bits per heavy atom. The number of anilines is 2. The van der Waals surface area contributed by atoms with E-state index in [0.29, 0.717) is 16.3 Å². The summed E-state index contributed by atoms with van der Waals surface area (Å²) in [6.07, 6.45) is 0.734. The third kappa shape index (κ3) is 5.78. The highest BCUT2D eigenvalue weighted by Crippen LogP contribution is 2.29. The number of hydrogen-bond donors (Lipinski definition) is 2. The van der Waals surface area contributed by atoms with Gasteiger partial charge in [-0.2, -0.15) is 0 Å². The van der Waals surface area contributed by atoms with Crippen LogP contribution in [0.15, 0.2) is 35.2 Å². The fraction of sp³-hybridized carbons (Fsp3) is 0.368. The number of sulfonamides is 1. The fourth-order valence-electron chi connectivity index (χ4n) is 2.40. The predicted molar refractivity (Wildman–Crippen MR) is 114 cm³/mol. The Kier molecular flexibility index (Phi) is 7.77. The molecule has 0 aliphatic carbocycles. The van der Waals surface area contributed by atoms with E-state index in [0.717, 1.165) is 15.6 Å². The van der Waals surface area contributed by atoms with Crippen molar-refractivity contribution in [2.45, 2.75) is 25.2 Å². The Labute approximate surface area is 174 Å². The Hall–Kier alpha value is -2.43. The number of nitrogens with one attached hydrogen (secondary N) is 2. The number of benzene rings is 1. The molecule has 0 fully saturated rings. The lowest BCUT2D eigenvalue weighted by Crippen LogP contribution is -2.23. The molecule has 0 aliphatic rings. The Balaban J connectivity index is 2.08. The highest BCUT2D eigenvalue weighted by molar-refractivity contribution is 7.89. The second-order valence-electron chi connectivity index (χ2n) is 6.25. The maximum Gasteiger partial charge on any atom is 0.341 e. The van der Waals surface area contributed by atoms with Gasteiger partial charge >= 0.3 is 5.97 Å². The molecule has 0 saturated heterocycles. The number of carbonyl (C=O) groups excluding carboxylic acids is 2. The molecule has 0 radical (unpaired) electrons. The average Bonchev–Trinajstić information content (AvgIpc) is 3.09. The smallest absolute Gasteiger partial charge is 0.341 e. The van der Waals surface area contributed by atoms with Crippen molar-refractivity contribution in [1.29, 1.82) is 0 Å². The molecule has 0 atom stereocenters. The molecule has 1 aromatic heterocycles. The molecule has 0 unspecified atom stereocenters. The second kappa shape index (κ2) is 9.86. The minimum absolute atomic E-state index is 0.0902. The Morgan fingerprint density at radius 3 is 2.52 bits per heavy atom. The van der Waals surface area contributed by atoms with Crippen LogP contribution in [0.25, 0.3) is 0 Å². The van der Waals surface area contributed by atoms with Crippen molar-refractivity contribution >= 4 is 43.9 Å². The maximum atomic E-state index is 12.4. The summed E-state index contributed by atoms with van der Waals surface area (Å²) in [5.74, 6) is -0.839. The third-order valence-corrected chi connectivity index (χ3v) is 6.95. The van der Waals surface area contributed by atoms with E-state index in [1.54, 1.807) is 25.1 Å². The first kappa shape index (κ1) is 22.9. The van der Waals surface area contributed by atoms with Gasteiger partial charge in [0.1, 0.15) is 5.00 Å². The number of esters is 1. The molecule has 29 heavy (non-hydrogen) atoms. The van der Waals surface area contributed by atoms with Gasteiger partial charge in [0.2, 0.25) is 15.9 Å². The van der Waals surface area contributed by atoms with Crippen molar-refractivity contribution in [2.24, 2.45) is 0 Å². The quantitative estimate of drug-likeness (QED) is 0.582. The molecule has 0 bridgehead atoms. The summed E-state index contributed by atoms with van der Waals surface area (Å²) in [6.45, 7) is 3.84. The molecule has 10 heteroatoms. The van der Waals surface area contributed by atoms with E-state index in [1.807, 2.05) is 6.92 Å². The second-order valence-corrected chi connectivity index (χ2v) is 9.54. The summed E-state index contributed by atoms with van der Waals surface area (Å²) < 4.78 is 30.6. The molecule has 1 aromatic carbocycles. The summed E-state index contributed by atoms with van der Waals surface area (Å²) >= 11 is 1.33. The first-order valence-corrected chi connectivity index (χ1v) is 11.3. The molecule has 0 spiro atoms. The van der Waals surface area contributed by atoms with Crippen LogP contribution in [0.4, 0.5) is 10.7 Å². The minimum Gasteiger partial charge on any atom is -0.462 e. The van der Waals surface area contributed by atoms with E-state index in [1.165, 1.54) is 37.6 Å². The van der Waals surface area contributed by atoms with Crippen LogP contribution in [0.1, 0.15) is 29.1 Å². The van der Waals surface area contributed by atoms with Gasteiger partial charge < -0.3 is 15.4 Å². The van der Waals surface area contributed by atoms with E-state index < -0.39 is 16.0 Å². The first-order valence-electron chi connectivity index (χ1n) is 9.05. The van der Waals surface area contributed by atoms with Gasteiger partial charge in [0.25, 0.3) is 0 Å². The SMILES string of the molecule is CCOC(=O)c1cc(CC)sc1NC(=O)CNc1cccc(S(=O)(=O)N(C)C)c1. The van der Waals surface area contributed by atoms with Crippen LogP contribution in [0.5, 0.6) is 0 Å². The Bertz CT molecular complexity index is 983. The minimum atomic E-state index is -3.56.